The summed E-state index contributed by atoms with van der Waals surface area (Å²) in [5, 5.41) is 3.99. The Balaban J connectivity index is 2.05. The average molecular weight is 345 g/mol. The molecule has 8 heteroatoms. The van der Waals surface area contributed by atoms with Crippen molar-refractivity contribution in [1.29, 1.82) is 0 Å². The van der Waals surface area contributed by atoms with Crippen molar-refractivity contribution >= 4 is 31.6 Å². The molecule has 0 unspecified atom stereocenters. The van der Waals surface area contributed by atoms with Crippen LogP contribution < -0.4 is 10.5 Å². The number of nitrogens with two attached hydrogens (primary N) is 1. The summed E-state index contributed by atoms with van der Waals surface area (Å²) >= 11 is 3.23. The second-order valence-electron chi connectivity index (χ2n) is 3.85. The van der Waals surface area contributed by atoms with Gasteiger partial charge < -0.3 is 5.73 Å². The van der Waals surface area contributed by atoms with Gasteiger partial charge in [-0.25, -0.2) is 13.1 Å². The molecule has 1 aromatic heterocycles. The Bertz CT molecular complexity index is 655. The Morgan fingerprint density at radius 1 is 1.42 bits per heavy atom. The molecule has 0 aliphatic rings. The van der Waals surface area contributed by atoms with Crippen molar-refractivity contribution in [2.75, 3.05) is 12.3 Å². The van der Waals surface area contributed by atoms with Gasteiger partial charge in [0.2, 0.25) is 10.0 Å². The summed E-state index contributed by atoms with van der Waals surface area (Å²) in [5.74, 6) is 0. The fourth-order valence-electron chi connectivity index (χ4n) is 1.57. The highest BCUT2D eigenvalue weighted by molar-refractivity contribution is 9.10. The number of hydrogen-bond acceptors (Lipinski definition) is 4. The van der Waals surface area contributed by atoms with Crippen LogP contribution in [-0.2, 0) is 16.6 Å². The van der Waals surface area contributed by atoms with Gasteiger partial charge in [-0.3, -0.25) is 4.68 Å². The third kappa shape index (κ3) is 3.55. The zero-order valence-electron chi connectivity index (χ0n) is 9.95. The number of anilines is 1. The van der Waals surface area contributed by atoms with Crippen LogP contribution in [0.5, 0.6) is 0 Å². The van der Waals surface area contributed by atoms with Crippen LogP contribution in [0, 0.1) is 0 Å². The zero-order chi connectivity index (χ0) is 13.9. The monoisotopic (exact) mass is 344 g/mol. The first kappa shape index (κ1) is 14.0. The number of nitrogens with one attached hydrogen (secondary N) is 1. The molecule has 6 nitrogen and oxygen atoms in total. The second-order valence-corrected chi connectivity index (χ2v) is 6.50. The van der Waals surface area contributed by atoms with E-state index in [4.69, 9.17) is 5.73 Å². The van der Waals surface area contributed by atoms with Crippen molar-refractivity contribution in [2.45, 2.75) is 11.4 Å². The maximum atomic E-state index is 12.1. The first-order chi connectivity index (χ1) is 8.99. The fourth-order valence-corrected chi connectivity index (χ4v) is 3.08. The van der Waals surface area contributed by atoms with E-state index in [1.165, 1.54) is 6.07 Å². The molecule has 0 spiro atoms. The van der Waals surface area contributed by atoms with Crippen molar-refractivity contribution in [3.8, 4) is 0 Å². The lowest BCUT2D eigenvalue weighted by Gasteiger charge is -2.09. The number of nitrogen functional groups attached to an aromatic ring is 1. The van der Waals surface area contributed by atoms with Gasteiger partial charge in [0.1, 0.15) is 4.90 Å². The lowest BCUT2D eigenvalue weighted by molar-refractivity contribution is 0.561. The molecule has 1 aromatic carbocycles. The minimum atomic E-state index is -3.60. The maximum absolute atomic E-state index is 12.1. The van der Waals surface area contributed by atoms with Gasteiger partial charge in [0.25, 0.3) is 0 Å². The molecule has 0 amide bonds. The van der Waals surface area contributed by atoms with E-state index in [0.29, 0.717) is 6.54 Å². The Morgan fingerprint density at radius 2 is 2.21 bits per heavy atom. The predicted octanol–water partition coefficient (Wildman–Crippen LogP) is 1.21. The third-order valence-electron chi connectivity index (χ3n) is 2.45. The van der Waals surface area contributed by atoms with Gasteiger partial charge in [-0.05, 0) is 24.3 Å². The molecule has 0 fully saturated rings. The van der Waals surface area contributed by atoms with E-state index in [0.717, 1.165) is 4.47 Å². The molecule has 19 heavy (non-hydrogen) atoms. The predicted molar refractivity (Wildman–Crippen MR) is 76.0 cm³/mol. The van der Waals surface area contributed by atoms with Crippen molar-refractivity contribution in [1.82, 2.24) is 14.5 Å². The van der Waals surface area contributed by atoms with Crippen LogP contribution in [0.15, 0.2) is 46.0 Å². The summed E-state index contributed by atoms with van der Waals surface area (Å²) in [5.41, 5.74) is 5.92. The molecule has 0 bridgehead atoms. The number of nitrogens with zero attached hydrogens (tertiary/aromatic N) is 2. The Kier molecular flexibility index (Phi) is 4.23. The number of hydrogen-bond donors (Lipinski definition) is 2. The van der Waals surface area contributed by atoms with Crippen molar-refractivity contribution < 1.29 is 8.42 Å². The van der Waals surface area contributed by atoms with Gasteiger partial charge in [-0.2, -0.15) is 5.10 Å². The highest BCUT2D eigenvalue weighted by atomic mass is 79.9. The van der Waals surface area contributed by atoms with Crippen molar-refractivity contribution in [3.05, 3.63) is 41.1 Å². The molecule has 102 valence electrons. The van der Waals surface area contributed by atoms with Gasteiger partial charge in [-0.15, -0.1) is 0 Å². The molecule has 0 saturated carbocycles. The summed E-state index contributed by atoms with van der Waals surface area (Å²) < 4.78 is 29.0. The van der Waals surface area contributed by atoms with E-state index in [1.807, 2.05) is 0 Å². The van der Waals surface area contributed by atoms with Crippen LogP contribution in [0.25, 0.3) is 0 Å². The molecule has 0 aliphatic heterocycles. The van der Waals surface area contributed by atoms with E-state index >= 15 is 0 Å². The van der Waals surface area contributed by atoms with Crippen LogP contribution in [0.2, 0.25) is 0 Å². The standard InChI is InChI=1S/C11H13BrN4O2S/c12-9-2-3-11(10(13)8-9)19(17,18)15-5-7-16-6-1-4-14-16/h1-4,6,8,15H,5,7,13H2. The Morgan fingerprint density at radius 3 is 2.84 bits per heavy atom. The molecule has 2 aromatic rings. The van der Waals surface area contributed by atoms with Gasteiger partial charge in [0, 0.05) is 23.4 Å². The smallest absolute Gasteiger partial charge is 0.242 e. The Labute approximate surface area is 119 Å². The topological polar surface area (TPSA) is 90.0 Å². The number of sulfonamides is 1. The van der Waals surface area contributed by atoms with Crippen LogP contribution in [0.3, 0.4) is 0 Å². The Hall–Kier alpha value is -1.38. The molecule has 0 saturated heterocycles. The van der Waals surface area contributed by atoms with E-state index in [9.17, 15) is 8.42 Å². The first-order valence-corrected chi connectivity index (χ1v) is 7.79. The molecular formula is C11H13BrN4O2S. The fraction of sp³-hybridized carbons (Fsp3) is 0.182. The van der Waals surface area contributed by atoms with Crippen LogP contribution in [-0.4, -0.2) is 24.7 Å². The van der Waals surface area contributed by atoms with Crippen LogP contribution in [0.1, 0.15) is 0 Å². The van der Waals surface area contributed by atoms with E-state index in [2.05, 4.69) is 25.8 Å². The summed E-state index contributed by atoms with van der Waals surface area (Å²) in [6.45, 7) is 0.710. The second kappa shape index (κ2) is 5.72. The van der Waals surface area contributed by atoms with Gasteiger partial charge in [-0.1, -0.05) is 15.9 Å². The molecule has 2 rings (SSSR count). The quantitative estimate of drug-likeness (QED) is 0.797. The van der Waals surface area contributed by atoms with Crippen molar-refractivity contribution in [2.24, 2.45) is 0 Å². The average Bonchev–Trinajstić information content (AvgIpc) is 2.81. The number of rotatable bonds is 5. The van der Waals surface area contributed by atoms with Gasteiger partial charge in [0.15, 0.2) is 0 Å². The summed E-state index contributed by atoms with van der Waals surface area (Å²) in [6, 6.07) is 6.44. The molecule has 1 heterocycles. The van der Waals surface area contributed by atoms with E-state index in [1.54, 1.807) is 35.3 Å². The highest BCUT2D eigenvalue weighted by Gasteiger charge is 2.16. The number of halogens is 1. The van der Waals surface area contributed by atoms with Crippen LogP contribution >= 0.6 is 15.9 Å². The van der Waals surface area contributed by atoms with E-state index < -0.39 is 10.0 Å². The molecule has 0 aliphatic carbocycles. The van der Waals surface area contributed by atoms with Gasteiger partial charge in [0.05, 0.1) is 12.2 Å². The molecular weight excluding hydrogens is 332 g/mol. The molecule has 0 atom stereocenters. The molecule has 0 radical (unpaired) electrons. The largest absolute Gasteiger partial charge is 0.398 e. The third-order valence-corrected chi connectivity index (χ3v) is 4.48. The zero-order valence-corrected chi connectivity index (χ0v) is 12.4. The number of benzene rings is 1. The lowest BCUT2D eigenvalue weighted by Crippen LogP contribution is -2.28. The SMILES string of the molecule is Nc1cc(Br)ccc1S(=O)(=O)NCCn1cccn1. The maximum Gasteiger partial charge on any atom is 0.242 e. The number of aromatic nitrogens is 2. The van der Waals surface area contributed by atoms with Crippen LogP contribution in [0.4, 0.5) is 5.69 Å². The minimum absolute atomic E-state index is 0.0798. The molecule has 3 N–H and O–H groups in total. The van der Waals surface area contributed by atoms with Gasteiger partial charge >= 0.3 is 0 Å². The van der Waals surface area contributed by atoms with Crippen molar-refractivity contribution in [3.63, 3.8) is 0 Å². The lowest BCUT2D eigenvalue weighted by atomic mass is 10.3. The summed E-state index contributed by atoms with van der Waals surface area (Å²) in [6.07, 6.45) is 3.41. The highest BCUT2D eigenvalue weighted by Crippen LogP contribution is 2.22. The first-order valence-electron chi connectivity index (χ1n) is 5.51. The minimum Gasteiger partial charge on any atom is -0.398 e. The van der Waals surface area contributed by atoms with E-state index in [-0.39, 0.29) is 17.1 Å². The normalized spacial score (nSPS) is 11.6. The summed E-state index contributed by atoms with van der Waals surface area (Å²) in [7, 11) is -3.60. The summed E-state index contributed by atoms with van der Waals surface area (Å²) in [4.78, 5) is 0.0798.